The van der Waals surface area contributed by atoms with E-state index >= 15 is 0 Å². The van der Waals surface area contributed by atoms with Crippen molar-refractivity contribution in [2.75, 3.05) is 14.2 Å². The van der Waals surface area contributed by atoms with Crippen molar-refractivity contribution >= 4 is 15.7 Å². The van der Waals surface area contributed by atoms with Gasteiger partial charge in [0, 0.05) is 24.9 Å². The van der Waals surface area contributed by atoms with Crippen molar-refractivity contribution < 1.29 is 35.9 Å². The SMILES string of the molecule is COc1ccc(-c2ccc(S(=O)(=O)C3CC(OC)C(C(=O)NC4(C#N)CC4)C3)c(C(F)(F)F)c2)cn1. The molecular formula is C24H24F3N3O5S. The summed E-state index contributed by atoms with van der Waals surface area (Å²) >= 11 is 0. The molecule has 2 saturated carbocycles. The number of hydrogen-bond donors (Lipinski definition) is 1. The summed E-state index contributed by atoms with van der Waals surface area (Å²) < 4.78 is 79.3. The number of halogens is 3. The molecule has 1 amide bonds. The van der Waals surface area contributed by atoms with E-state index in [0.717, 1.165) is 12.1 Å². The number of amides is 1. The summed E-state index contributed by atoms with van der Waals surface area (Å²) in [6, 6.07) is 8.06. The van der Waals surface area contributed by atoms with Crippen LogP contribution in [0.25, 0.3) is 11.1 Å². The average molecular weight is 524 g/mol. The van der Waals surface area contributed by atoms with Gasteiger partial charge in [-0.25, -0.2) is 13.4 Å². The first-order valence-corrected chi connectivity index (χ1v) is 12.7. The molecule has 3 atom stereocenters. The van der Waals surface area contributed by atoms with Gasteiger partial charge in [-0.15, -0.1) is 0 Å². The fourth-order valence-corrected chi connectivity index (χ4v) is 6.49. The van der Waals surface area contributed by atoms with Gasteiger partial charge < -0.3 is 14.8 Å². The van der Waals surface area contributed by atoms with Gasteiger partial charge in [0.2, 0.25) is 11.8 Å². The van der Waals surface area contributed by atoms with Crippen LogP contribution in [-0.2, 0) is 25.5 Å². The zero-order chi connectivity index (χ0) is 26.3. The zero-order valence-corrected chi connectivity index (χ0v) is 20.3. The van der Waals surface area contributed by atoms with Gasteiger partial charge in [0.25, 0.3) is 0 Å². The number of benzene rings is 1. The number of carbonyl (C=O) groups excluding carboxylic acids is 1. The second kappa shape index (κ2) is 9.37. The van der Waals surface area contributed by atoms with Crippen molar-refractivity contribution in [1.82, 2.24) is 10.3 Å². The predicted molar refractivity (Wildman–Crippen MR) is 121 cm³/mol. The molecule has 192 valence electrons. The number of rotatable bonds is 7. The third-order valence-electron chi connectivity index (χ3n) is 6.74. The van der Waals surface area contributed by atoms with Gasteiger partial charge in [0.1, 0.15) is 5.54 Å². The molecule has 0 radical (unpaired) electrons. The van der Waals surface area contributed by atoms with Gasteiger partial charge in [0.05, 0.1) is 40.9 Å². The van der Waals surface area contributed by atoms with E-state index in [1.54, 1.807) is 0 Å². The molecule has 8 nitrogen and oxygen atoms in total. The van der Waals surface area contributed by atoms with Crippen LogP contribution in [0.5, 0.6) is 5.88 Å². The van der Waals surface area contributed by atoms with Crippen molar-refractivity contribution in [3.05, 3.63) is 42.1 Å². The molecule has 3 unspecified atom stereocenters. The van der Waals surface area contributed by atoms with Crippen molar-refractivity contribution in [2.24, 2.45) is 5.92 Å². The lowest BCUT2D eigenvalue weighted by Crippen LogP contribution is -2.42. The van der Waals surface area contributed by atoms with E-state index in [-0.39, 0.29) is 24.3 Å². The van der Waals surface area contributed by atoms with Crippen LogP contribution >= 0.6 is 0 Å². The van der Waals surface area contributed by atoms with Crippen LogP contribution in [0.1, 0.15) is 31.2 Å². The molecule has 2 aromatic rings. The van der Waals surface area contributed by atoms with Gasteiger partial charge in [-0.05, 0) is 49.4 Å². The molecule has 0 saturated heterocycles. The van der Waals surface area contributed by atoms with Crippen LogP contribution in [0.15, 0.2) is 41.4 Å². The van der Waals surface area contributed by atoms with Crippen LogP contribution in [0, 0.1) is 17.2 Å². The van der Waals surface area contributed by atoms with Gasteiger partial charge in [-0.3, -0.25) is 4.79 Å². The first-order chi connectivity index (χ1) is 16.9. The minimum atomic E-state index is -4.94. The zero-order valence-electron chi connectivity index (χ0n) is 19.5. The predicted octanol–water partition coefficient (Wildman–Crippen LogP) is 3.52. The summed E-state index contributed by atoms with van der Waals surface area (Å²) in [5.74, 6) is -1.15. The van der Waals surface area contributed by atoms with E-state index in [1.807, 2.05) is 6.07 Å². The van der Waals surface area contributed by atoms with Crippen LogP contribution in [0.4, 0.5) is 13.2 Å². The standard InChI is InChI=1S/C24H24F3N3O5S/c1-34-19-11-16(10-17(19)22(31)30-23(13-28)7-8-23)36(32,33)20-5-3-14(9-18(20)24(25,26)27)15-4-6-21(35-2)29-12-15/h3-6,9,12,16-17,19H,7-8,10-11H2,1-2H3,(H,30,31). The summed E-state index contributed by atoms with van der Waals surface area (Å²) in [6.07, 6.45) is -3.79. The molecule has 0 aliphatic heterocycles. The van der Waals surface area contributed by atoms with Gasteiger partial charge in [0.15, 0.2) is 9.84 Å². The molecule has 2 aliphatic rings. The molecule has 2 fully saturated rings. The Labute approximate surface area is 206 Å². The third-order valence-corrected chi connectivity index (χ3v) is 8.97. The molecule has 2 aliphatic carbocycles. The number of methoxy groups -OCH3 is 2. The van der Waals surface area contributed by atoms with E-state index in [0.29, 0.717) is 18.4 Å². The highest BCUT2D eigenvalue weighted by Crippen LogP contribution is 2.43. The lowest BCUT2D eigenvalue weighted by atomic mass is 10.0. The molecule has 1 aromatic heterocycles. The van der Waals surface area contributed by atoms with E-state index in [1.165, 1.54) is 38.6 Å². The number of nitriles is 1. The number of sulfone groups is 1. The smallest absolute Gasteiger partial charge is 0.417 e. The first-order valence-electron chi connectivity index (χ1n) is 11.2. The van der Waals surface area contributed by atoms with E-state index < -0.39 is 55.2 Å². The Bertz CT molecular complexity index is 1300. The minimum Gasteiger partial charge on any atom is -0.481 e. The number of hydrogen-bond acceptors (Lipinski definition) is 7. The van der Waals surface area contributed by atoms with Crippen LogP contribution in [0.3, 0.4) is 0 Å². The number of pyridine rings is 1. The lowest BCUT2D eigenvalue weighted by Gasteiger charge is -2.19. The van der Waals surface area contributed by atoms with Crippen LogP contribution < -0.4 is 10.1 Å². The average Bonchev–Trinajstić information content (AvgIpc) is 3.48. The number of nitrogens with one attached hydrogen (secondary N) is 1. The fraction of sp³-hybridized carbons (Fsp3) is 0.458. The molecule has 1 N–H and O–H groups in total. The van der Waals surface area contributed by atoms with E-state index in [9.17, 15) is 31.6 Å². The summed E-state index contributed by atoms with van der Waals surface area (Å²) in [6.45, 7) is 0. The molecule has 1 heterocycles. The molecule has 36 heavy (non-hydrogen) atoms. The summed E-state index contributed by atoms with van der Waals surface area (Å²) in [5.41, 5.74) is -1.75. The lowest BCUT2D eigenvalue weighted by molar-refractivity contribution is -0.139. The molecule has 0 spiro atoms. The minimum absolute atomic E-state index is 0.140. The van der Waals surface area contributed by atoms with Crippen LogP contribution in [-0.4, -0.2) is 50.4 Å². The molecule has 12 heteroatoms. The summed E-state index contributed by atoms with van der Waals surface area (Å²) in [7, 11) is -1.77. The Hall–Kier alpha value is -3.17. The Morgan fingerprint density at radius 1 is 1.17 bits per heavy atom. The maximum absolute atomic E-state index is 14.0. The number of aromatic nitrogens is 1. The Morgan fingerprint density at radius 3 is 2.39 bits per heavy atom. The normalized spacial score (nSPS) is 23.1. The molecule has 1 aromatic carbocycles. The Kier molecular flexibility index (Phi) is 6.74. The third kappa shape index (κ3) is 4.90. The highest BCUT2D eigenvalue weighted by Gasteiger charge is 2.51. The second-order valence-electron chi connectivity index (χ2n) is 9.00. The van der Waals surface area contributed by atoms with Crippen molar-refractivity contribution in [2.45, 2.75) is 53.6 Å². The Balaban J connectivity index is 1.65. The number of ether oxygens (including phenoxy) is 2. The highest BCUT2D eigenvalue weighted by atomic mass is 32.2. The summed E-state index contributed by atoms with van der Waals surface area (Å²) in [5, 5.41) is 10.6. The van der Waals surface area contributed by atoms with E-state index in [2.05, 4.69) is 10.3 Å². The number of nitrogens with zero attached hydrogens (tertiary/aromatic N) is 2. The number of carbonyl (C=O) groups is 1. The topological polar surface area (TPSA) is 118 Å². The fourth-order valence-electron chi connectivity index (χ4n) is 4.49. The van der Waals surface area contributed by atoms with Gasteiger partial charge in [-0.2, -0.15) is 18.4 Å². The van der Waals surface area contributed by atoms with Crippen molar-refractivity contribution in [3.8, 4) is 23.1 Å². The number of alkyl halides is 3. The summed E-state index contributed by atoms with van der Waals surface area (Å²) in [4.78, 5) is 15.9. The maximum atomic E-state index is 14.0. The molecule has 4 rings (SSSR count). The van der Waals surface area contributed by atoms with Gasteiger partial charge in [-0.1, -0.05) is 6.07 Å². The largest absolute Gasteiger partial charge is 0.481 e. The van der Waals surface area contributed by atoms with E-state index in [4.69, 9.17) is 9.47 Å². The quantitative estimate of drug-likeness (QED) is 0.590. The van der Waals surface area contributed by atoms with Crippen LogP contribution in [0.2, 0.25) is 0 Å². The molecular weight excluding hydrogens is 499 g/mol. The molecule has 0 bridgehead atoms. The first kappa shape index (κ1) is 25.9. The Morgan fingerprint density at radius 2 is 1.86 bits per heavy atom. The monoisotopic (exact) mass is 523 g/mol. The van der Waals surface area contributed by atoms with Crippen molar-refractivity contribution in [1.29, 1.82) is 5.26 Å². The van der Waals surface area contributed by atoms with Crippen molar-refractivity contribution in [3.63, 3.8) is 0 Å². The highest BCUT2D eigenvalue weighted by molar-refractivity contribution is 7.92. The maximum Gasteiger partial charge on any atom is 0.417 e. The van der Waals surface area contributed by atoms with Gasteiger partial charge >= 0.3 is 6.18 Å². The second-order valence-corrected chi connectivity index (χ2v) is 11.2.